The van der Waals surface area contributed by atoms with Gasteiger partial charge in [-0.3, -0.25) is 4.55 Å². The molecule has 0 saturated heterocycles. The fourth-order valence-electron chi connectivity index (χ4n) is 1.33. The first-order chi connectivity index (χ1) is 9.04. The van der Waals surface area contributed by atoms with Crippen LogP contribution >= 0.6 is 0 Å². The van der Waals surface area contributed by atoms with E-state index in [-0.39, 0.29) is 0 Å². The summed E-state index contributed by atoms with van der Waals surface area (Å²) < 4.78 is 132. The maximum Gasteiger partial charge on any atom is 0.397 e. The fraction of sp³-hybridized carbons (Fsp3) is 1.00. The SMILES string of the molecule is O=S(=O)(O)OCC(F)(F)CC(F)(F)CC(F)(F)CC(F)F. The lowest BCUT2D eigenvalue weighted by Gasteiger charge is -2.26. The predicted molar refractivity (Wildman–Crippen MR) is 52.2 cm³/mol. The van der Waals surface area contributed by atoms with Gasteiger partial charge >= 0.3 is 10.4 Å². The molecule has 0 radical (unpaired) electrons. The van der Waals surface area contributed by atoms with Crippen molar-refractivity contribution < 1.29 is 52.3 Å². The molecule has 4 nitrogen and oxygen atoms in total. The first-order valence-corrected chi connectivity index (χ1v) is 6.44. The molecule has 0 aromatic rings. The van der Waals surface area contributed by atoms with Crippen molar-refractivity contribution in [3.63, 3.8) is 0 Å². The van der Waals surface area contributed by atoms with Crippen molar-refractivity contribution in [2.45, 2.75) is 43.5 Å². The molecule has 0 saturated carbocycles. The molecular formula is C8H10F8O4S. The number of hydrogen-bond acceptors (Lipinski definition) is 3. The van der Waals surface area contributed by atoms with Gasteiger partial charge in [0, 0.05) is 0 Å². The van der Waals surface area contributed by atoms with Crippen molar-refractivity contribution in [3.05, 3.63) is 0 Å². The Balaban J connectivity index is 4.71. The topological polar surface area (TPSA) is 63.6 Å². The van der Waals surface area contributed by atoms with E-state index in [1.165, 1.54) is 0 Å². The van der Waals surface area contributed by atoms with Gasteiger partial charge in [-0.05, 0) is 0 Å². The van der Waals surface area contributed by atoms with Gasteiger partial charge in [-0.1, -0.05) is 0 Å². The third-order valence-corrected chi connectivity index (χ3v) is 2.32. The van der Waals surface area contributed by atoms with Crippen molar-refractivity contribution in [1.82, 2.24) is 0 Å². The first kappa shape index (κ1) is 20.3. The van der Waals surface area contributed by atoms with Gasteiger partial charge in [-0.15, -0.1) is 0 Å². The lowest BCUT2D eigenvalue weighted by atomic mass is 10.0. The van der Waals surface area contributed by atoms with Gasteiger partial charge in [0.05, 0.1) is 19.3 Å². The normalized spacial score (nSPS) is 14.8. The van der Waals surface area contributed by atoms with E-state index in [0.717, 1.165) is 0 Å². The summed E-state index contributed by atoms with van der Waals surface area (Å²) in [5, 5.41) is 0. The van der Waals surface area contributed by atoms with Gasteiger partial charge in [0.15, 0.2) is 0 Å². The van der Waals surface area contributed by atoms with Crippen LogP contribution in [0.1, 0.15) is 19.3 Å². The molecule has 21 heavy (non-hydrogen) atoms. The molecule has 0 aromatic heterocycles. The van der Waals surface area contributed by atoms with Crippen molar-refractivity contribution in [2.75, 3.05) is 6.61 Å². The van der Waals surface area contributed by atoms with Gasteiger partial charge in [0.25, 0.3) is 17.8 Å². The maximum atomic E-state index is 13.0. The summed E-state index contributed by atoms with van der Waals surface area (Å²) in [5.74, 6) is -13.9. The van der Waals surface area contributed by atoms with E-state index in [1.807, 2.05) is 0 Å². The third kappa shape index (κ3) is 10.6. The molecule has 0 spiro atoms. The summed E-state index contributed by atoms with van der Waals surface area (Å²) in [6, 6.07) is 0. The Labute approximate surface area is 114 Å². The lowest BCUT2D eigenvalue weighted by Crippen LogP contribution is -2.38. The quantitative estimate of drug-likeness (QED) is 0.510. The molecule has 0 amide bonds. The smallest absolute Gasteiger partial charge is 0.264 e. The minimum Gasteiger partial charge on any atom is -0.264 e. The van der Waals surface area contributed by atoms with Crippen LogP contribution in [-0.2, 0) is 14.6 Å². The van der Waals surface area contributed by atoms with E-state index in [2.05, 4.69) is 4.18 Å². The van der Waals surface area contributed by atoms with Crippen molar-refractivity contribution in [2.24, 2.45) is 0 Å². The molecule has 0 atom stereocenters. The highest BCUT2D eigenvalue weighted by Crippen LogP contribution is 2.40. The van der Waals surface area contributed by atoms with Crippen LogP contribution in [0.2, 0.25) is 0 Å². The van der Waals surface area contributed by atoms with E-state index in [4.69, 9.17) is 4.55 Å². The molecule has 1 N–H and O–H groups in total. The molecule has 0 heterocycles. The minimum absolute atomic E-state index is 2.21. The summed E-state index contributed by atoms with van der Waals surface area (Å²) in [6.07, 6.45) is -11.0. The Morgan fingerprint density at radius 3 is 1.71 bits per heavy atom. The second-order valence-electron chi connectivity index (χ2n) is 4.21. The molecule has 0 aliphatic carbocycles. The zero-order valence-electron chi connectivity index (χ0n) is 10.0. The van der Waals surface area contributed by atoms with Gasteiger partial charge in [0.1, 0.15) is 6.61 Å². The number of halogens is 8. The van der Waals surface area contributed by atoms with Crippen molar-refractivity contribution in [3.8, 4) is 0 Å². The van der Waals surface area contributed by atoms with E-state index < -0.39 is 60.5 Å². The zero-order chi connectivity index (χ0) is 17.1. The molecule has 0 unspecified atom stereocenters. The van der Waals surface area contributed by atoms with Crippen LogP contribution in [0.15, 0.2) is 0 Å². The van der Waals surface area contributed by atoms with Crippen molar-refractivity contribution >= 4 is 10.4 Å². The summed E-state index contributed by atoms with van der Waals surface area (Å²) >= 11 is 0. The van der Waals surface area contributed by atoms with Crippen LogP contribution in [-0.4, -0.2) is 43.8 Å². The molecule has 0 aromatic carbocycles. The van der Waals surface area contributed by atoms with Crippen LogP contribution in [0.25, 0.3) is 0 Å². The van der Waals surface area contributed by atoms with Crippen LogP contribution < -0.4 is 0 Å². The standard InChI is InChI=1S/C8H10F8O4S/c9-5(10)1-6(11,12)2-7(13,14)3-8(15,16)4-20-21(17,18)19/h5H,1-4H2,(H,17,18,19). The minimum atomic E-state index is -5.34. The fourth-order valence-corrected chi connectivity index (χ4v) is 1.65. The highest BCUT2D eigenvalue weighted by molar-refractivity contribution is 7.80. The van der Waals surface area contributed by atoms with Crippen LogP contribution in [0.4, 0.5) is 35.1 Å². The Morgan fingerprint density at radius 2 is 1.33 bits per heavy atom. The van der Waals surface area contributed by atoms with Gasteiger partial charge < -0.3 is 0 Å². The van der Waals surface area contributed by atoms with Crippen LogP contribution in [0, 0.1) is 0 Å². The summed E-state index contributed by atoms with van der Waals surface area (Å²) in [6.45, 7) is -2.21. The highest BCUT2D eigenvalue weighted by Gasteiger charge is 2.50. The average Bonchev–Trinajstić information content (AvgIpc) is 2.06. The Hall–Kier alpha value is -0.690. The predicted octanol–water partition coefficient (Wildman–Crippen LogP) is 3.15. The van der Waals surface area contributed by atoms with E-state index in [0.29, 0.717) is 0 Å². The molecule has 0 aliphatic rings. The largest absolute Gasteiger partial charge is 0.397 e. The molecule has 13 heteroatoms. The number of rotatable bonds is 9. The zero-order valence-corrected chi connectivity index (χ0v) is 10.8. The molecule has 0 bridgehead atoms. The Kier molecular flexibility index (Phi) is 6.39. The first-order valence-electron chi connectivity index (χ1n) is 5.07. The molecule has 128 valence electrons. The molecular weight excluding hydrogens is 344 g/mol. The van der Waals surface area contributed by atoms with Gasteiger partial charge in [-0.25, -0.2) is 39.3 Å². The van der Waals surface area contributed by atoms with Crippen molar-refractivity contribution in [1.29, 1.82) is 0 Å². The van der Waals surface area contributed by atoms with E-state index in [9.17, 15) is 43.5 Å². The Bertz CT molecular complexity index is 436. The van der Waals surface area contributed by atoms with Gasteiger partial charge in [0.2, 0.25) is 6.43 Å². The number of alkyl halides is 8. The monoisotopic (exact) mass is 354 g/mol. The summed E-state index contributed by atoms with van der Waals surface area (Å²) in [4.78, 5) is 0. The Morgan fingerprint density at radius 1 is 0.905 bits per heavy atom. The summed E-state index contributed by atoms with van der Waals surface area (Å²) in [7, 11) is -5.34. The second kappa shape index (κ2) is 6.60. The molecule has 0 fully saturated rings. The average molecular weight is 354 g/mol. The van der Waals surface area contributed by atoms with Crippen LogP contribution in [0.3, 0.4) is 0 Å². The van der Waals surface area contributed by atoms with E-state index >= 15 is 0 Å². The maximum absolute atomic E-state index is 13.0. The second-order valence-corrected chi connectivity index (χ2v) is 5.30. The number of hydrogen-bond donors (Lipinski definition) is 1. The molecule has 0 rings (SSSR count). The summed E-state index contributed by atoms with van der Waals surface area (Å²) in [5.41, 5.74) is 0. The van der Waals surface area contributed by atoms with Crippen LogP contribution in [0.5, 0.6) is 0 Å². The molecule has 0 aliphatic heterocycles. The highest BCUT2D eigenvalue weighted by atomic mass is 32.3. The van der Waals surface area contributed by atoms with Gasteiger partial charge in [-0.2, -0.15) is 8.42 Å². The lowest BCUT2D eigenvalue weighted by molar-refractivity contribution is -0.172. The van der Waals surface area contributed by atoms with E-state index in [1.54, 1.807) is 0 Å². The third-order valence-electron chi connectivity index (χ3n) is 1.91.